The Hall–Kier alpha value is -1.82. The fraction of sp³-hybridized carbons (Fsp3) is 0.429. The number of hydrogen-bond acceptors (Lipinski definition) is 3. The van der Waals surface area contributed by atoms with Crippen molar-refractivity contribution >= 4 is 12.0 Å². The number of hydrogen-bond donors (Lipinski definition) is 0. The molecule has 0 spiro atoms. The molecule has 0 amide bonds. The maximum Gasteiger partial charge on any atom is 0.123 e. The van der Waals surface area contributed by atoms with Gasteiger partial charge in [-0.2, -0.15) is 5.26 Å². The normalized spacial score (nSPS) is 16.6. The van der Waals surface area contributed by atoms with Crippen LogP contribution in [0, 0.1) is 24.2 Å². The largest absolute Gasteiger partial charge is 0.371 e. The van der Waals surface area contributed by atoms with Crippen molar-refractivity contribution in [2.45, 2.75) is 19.8 Å². The first-order valence-electron chi connectivity index (χ1n) is 5.95. The van der Waals surface area contributed by atoms with E-state index >= 15 is 0 Å². The third kappa shape index (κ3) is 2.47. The second-order valence-corrected chi connectivity index (χ2v) is 4.57. The van der Waals surface area contributed by atoms with Crippen molar-refractivity contribution in [2.75, 3.05) is 18.0 Å². The summed E-state index contributed by atoms with van der Waals surface area (Å²) < 4.78 is 0. The third-order valence-corrected chi connectivity index (χ3v) is 3.40. The molecular formula is C14H16N2O. The quantitative estimate of drug-likeness (QED) is 0.729. The Morgan fingerprint density at radius 3 is 2.65 bits per heavy atom. The molecule has 3 heteroatoms. The molecule has 0 N–H and O–H groups in total. The van der Waals surface area contributed by atoms with Gasteiger partial charge in [-0.15, -0.1) is 0 Å². The van der Waals surface area contributed by atoms with E-state index in [1.165, 1.54) is 5.69 Å². The zero-order chi connectivity index (χ0) is 12.3. The average Bonchev–Trinajstić information content (AvgIpc) is 2.39. The summed E-state index contributed by atoms with van der Waals surface area (Å²) in [5.74, 6) is 0.227. The summed E-state index contributed by atoms with van der Waals surface area (Å²) in [6.07, 6.45) is 2.94. The van der Waals surface area contributed by atoms with Crippen LogP contribution in [-0.2, 0) is 4.79 Å². The molecule has 1 aromatic rings. The van der Waals surface area contributed by atoms with Gasteiger partial charge in [-0.3, -0.25) is 0 Å². The highest BCUT2D eigenvalue weighted by molar-refractivity contribution is 5.58. The Bertz CT molecular complexity index is 454. The molecule has 0 saturated carbocycles. The molecule has 1 aliphatic heterocycles. The SMILES string of the molecule is Cc1cc(C#N)ccc1N1CCC(C=O)CC1. The van der Waals surface area contributed by atoms with Gasteiger partial charge in [-0.05, 0) is 43.5 Å². The van der Waals surface area contributed by atoms with E-state index in [1.54, 1.807) is 0 Å². The summed E-state index contributed by atoms with van der Waals surface area (Å²) in [5, 5.41) is 8.83. The highest BCUT2D eigenvalue weighted by atomic mass is 16.1. The number of aldehydes is 1. The summed E-state index contributed by atoms with van der Waals surface area (Å²) in [4.78, 5) is 13.0. The van der Waals surface area contributed by atoms with Crippen LogP contribution in [0.3, 0.4) is 0 Å². The van der Waals surface area contributed by atoms with Gasteiger partial charge in [0, 0.05) is 24.7 Å². The standard InChI is InChI=1S/C14H16N2O/c1-11-8-13(9-15)2-3-14(11)16-6-4-12(10-17)5-7-16/h2-3,8,10,12H,4-7H2,1H3. The van der Waals surface area contributed by atoms with E-state index in [2.05, 4.69) is 11.0 Å². The van der Waals surface area contributed by atoms with Crippen molar-refractivity contribution in [3.8, 4) is 6.07 Å². The van der Waals surface area contributed by atoms with Gasteiger partial charge >= 0.3 is 0 Å². The first kappa shape index (κ1) is 11.7. The Morgan fingerprint density at radius 1 is 1.41 bits per heavy atom. The van der Waals surface area contributed by atoms with Gasteiger partial charge in [-0.1, -0.05) is 0 Å². The van der Waals surface area contributed by atoms with Gasteiger partial charge in [0.15, 0.2) is 0 Å². The zero-order valence-electron chi connectivity index (χ0n) is 10.0. The fourth-order valence-electron chi connectivity index (χ4n) is 2.36. The molecule has 1 fully saturated rings. The number of nitrogens with zero attached hydrogens (tertiary/aromatic N) is 2. The number of nitriles is 1. The lowest BCUT2D eigenvalue weighted by atomic mass is 9.97. The molecule has 0 atom stereocenters. The lowest BCUT2D eigenvalue weighted by molar-refractivity contribution is -0.111. The van der Waals surface area contributed by atoms with E-state index in [0.29, 0.717) is 5.56 Å². The monoisotopic (exact) mass is 228 g/mol. The van der Waals surface area contributed by atoms with Gasteiger partial charge in [0.1, 0.15) is 6.29 Å². The molecule has 1 saturated heterocycles. The van der Waals surface area contributed by atoms with E-state index in [-0.39, 0.29) is 5.92 Å². The van der Waals surface area contributed by atoms with Gasteiger partial charge in [0.2, 0.25) is 0 Å². The minimum atomic E-state index is 0.227. The van der Waals surface area contributed by atoms with Crippen LogP contribution in [0.4, 0.5) is 5.69 Å². The maximum atomic E-state index is 10.7. The van der Waals surface area contributed by atoms with Crippen LogP contribution >= 0.6 is 0 Å². The number of piperidine rings is 1. The predicted molar refractivity (Wildman–Crippen MR) is 66.9 cm³/mol. The molecule has 0 unspecified atom stereocenters. The number of aryl methyl sites for hydroxylation is 1. The molecule has 1 aromatic carbocycles. The zero-order valence-corrected chi connectivity index (χ0v) is 10.0. The van der Waals surface area contributed by atoms with Crippen LogP contribution in [0.25, 0.3) is 0 Å². The second kappa shape index (κ2) is 5.01. The highest BCUT2D eigenvalue weighted by Gasteiger charge is 2.19. The molecule has 88 valence electrons. The number of rotatable bonds is 2. The Morgan fingerprint density at radius 2 is 2.12 bits per heavy atom. The predicted octanol–water partition coefficient (Wildman–Crippen LogP) is 2.28. The van der Waals surface area contributed by atoms with Gasteiger partial charge in [0.05, 0.1) is 11.6 Å². The summed E-state index contributed by atoms with van der Waals surface area (Å²) in [6.45, 7) is 3.88. The van der Waals surface area contributed by atoms with Gasteiger partial charge < -0.3 is 9.69 Å². The molecule has 1 heterocycles. The average molecular weight is 228 g/mol. The van der Waals surface area contributed by atoms with Crippen LogP contribution in [0.15, 0.2) is 18.2 Å². The molecule has 17 heavy (non-hydrogen) atoms. The van der Waals surface area contributed by atoms with Crippen molar-refractivity contribution in [1.82, 2.24) is 0 Å². The van der Waals surface area contributed by atoms with Gasteiger partial charge in [-0.25, -0.2) is 0 Å². The van der Waals surface area contributed by atoms with Crippen LogP contribution in [0.2, 0.25) is 0 Å². The summed E-state index contributed by atoms with van der Waals surface area (Å²) in [7, 11) is 0. The van der Waals surface area contributed by atoms with Gasteiger partial charge in [0.25, 0.3) is 0 Å². The first-order chi connectivity index (χ1) is 8.24. The topological polar surface area (TPSA) is 44.1 Å². The minimum Gasteiger partial charge on any atom is -0.371 e. The van der Waals surface area contributed by atoms with Crippen LogP contribution in [-0.4, -0.2) is 19.4 Å². The Balaban J connectivity index is 2.14. The molecule has 0 aliphatic carbocycles. The molecule has 0 radical (unpaired) electrons. The molecular weight excluding hydrogens is 212 g/mol. The number of anilines is 1. The Kier molecular flexibility index (Phi) is 3.43. The minimum absolute atomic E-state index is 0.227. The van der Waals surface area contributed by atoms with Crippen molar-refractivity contribution in [3.63, 3.8) is 0 Å². The van der Waals surface area contributed by atoms with E-state index in [1.807, 2.05) is 25.1 Å². The number of carbonyl (C=O) groups excluding carboxylic acids is 1. The van der Waals surface area contributed by atoms with Crippen LogP contribution in [0.1, 0.15) is 24.0 Å². The second-order valence-electron chi connectivity index (χ2n) is 4.57. The highest BCUT2D eigenvalue weighted by Crippen LogP contribution is 2.25. The number of carbonyl (C=O) groups is 1. The fourth-order valence-corrected chi connectivity index (χ4v) is 2.36. The van der Waals surface area contributed by atoms with Crippen molar-refractivity contribution in [1.29, 1.82) is 5.26 Å². The van der Waals surface area contributed by atoms with E-state index in [0.717, 1.165) is 37.8 Å². The summed E-state index contributed by atoms with van der Waals surface area (Å²) in [5.41, 5.74) is 3.02. The molecule has 2 rings (SSSR count). The molecule has 1 aliphatic rings. The lowest BCUT2D eigenvalue weighted by Crippen LogP contribution is -2.34. The first-order valence-corrected chi connectivity index (χ1v) is 5.95. The van der Waals surface area contributed by atoms with Crippen LogP contribution < -0.4 is 4.90 Å². The van der Waals surface area contributed by atoms with Crippen LogP contribution in [0.5, 0.6) is 0 Å². The smallest absolute Gasteiger partial charge is 0.123 e. The third-order valence-electron chi connectivity index (χ3n) is 3.40. The summed E-state index contributed by atoms with van der Waals surface area (Å²) in [6, 6.07) is 7.93. The lowest BCUT2D eigenvalue weighted by Gasteiger charge is -2.32. The molecule has 0 aromatic heterocycles. The molecule has 0 bridgehead atoms. The van der Waals surface area contributed by atoms with E-state index in [9.17, 15) is 4.79 Å². The van der Waals surface area contributed by atoms with Crippen molar-refractivity contribution < 1.29 is 4.79 Å². The maximum absolute atomic E-state index is 10.7. The van der Waals surface area contributed by atoms with E-state index < -0.39 is 0 Å². The number of benzene rings is 1. The van der Waals surface area contributed by atoms with E-state index in [4.69, 9.17) is 5.26 Å². The molecule has 3 nitrogen and oxygen atoms in total. The van der Waals surface area contributed by atoms with Crippen molar-refractivity contribution in [3.05, 3.63) is 29.3 Å². The summed E-state index contributed by atoms with van der Waals surface area (Å²) >= 11 is 0. The Labute approximate surface area is 102 Å². The van der Waals surface area contributed by atoms with Crippen molar-refractivity contribution in [2.24, 2.45) is 5.92 Å².